The first-order chi connectivity index (χ1) is 14.5. The van der Waals surface area contributed by atoms with Gasteiger partial charge < -0.3 is 24.6 Å². The molecule has 1 atom stereocenters. The first-order valence-corrected chi connectivity index (χ1v) is 11.0. The van der Waals surface area contributed by atoms with E-state index in [0.29, 0.717) is 37.8 Å². The van der Waals surface area contributed by atoms with Gasteiger partial charge in [0.1, 0.15) is 19.8 Å². The number of hydrogen-bond donors (Lipinski definition) is 1. The lowest BCUT2D eigenvalue weighted by Gasteiger charge is -2.23. The predicted octanol–water partition coefficient (Wildman–Crippen LogP) is 2.33. The van der Waals surface area contributed by atoms with Gasteiger partial charge in [0, 0.05) is 30.9 Å². The maximum Gasteiger partial charge on any atom is 0.325 e. The highest BCUT2D eigenvalue weighted by molar-refractivity contribution is 5.96. The molecule has 3 amide bonds. The second kappa shape index (κ2) is 10.5. The number of ether oxygens (including phenoxy) is 2. The predicted molar refractivity (Wildman–Crippen MR) is 116 cm³/mol. The smallest absolute Gasteiger partial charge is 0.325 e. The number of rotatable bonds is 10. The summed E-state index contributed by atoms with van der Waals surface area (Å²) in [6.45, 7) is 11.7. The summed E-state index contributed by atoms with van der Waals surface area (Å²) in [6, 6.07) is 5.45. The average Bonchev–Trinajstić information content (AvgIpc) is 3.10. The Labute approximate surface area is 179 Å². The first kappa shape index (κ1) is 22.2. The summed E-state index contributed by atoms with van der Waals surface area (Å²) in [4.78, 5) is 30.9. The molecule has 0 aromatic heterocycles. The molecule has 2 aliphatic rings. The Morgan fingerprint density at radius 1 is 1.17 bits per heavy atom. The third-order valence-electron chi connectivity index (χ3n) is 5.68. The summed E-state index contributed by atoms with van der Waals surface area (Å²) in [6.07, 6.45) is 1.98. The van der Waals surface area contributed by atoms with Crippen molar-refractivity contribution in [2.24, 2.45) is 0 Å². The summed E-state index contributed by atoms with van der Waals surface area (Å²) in [7, 11) is 0. The molecule has 2 aliphatic heterocycles. The van der Waals surface area contributed by atoms with E-state index in [-0.39, 0.29) is 24.5 Å². The lowest BCUT2D eigenvalue weighted by atomic mass is 10.1. The zero-order chi connectivity index (χ0) is 21.5. The van der Waals surface area contributed by atoms with Crippen LogP contribution in [0.4, 0.5) is 10.5 Å². The average molecular weight is 419 g/mol. The van der Waals surface area contributed by atoms with E-state index < -0.39 is 0 Å². The van der Waals surface area contributed by atoms with Crippen LogP contribution in [0, 0.1) is 0 Å². The number of amides is 3. The van der Waals surface area contributed by atoms with Crippen molar-refractivity contribution >= 4 is 17.6 Å². The van der Waals surface area contributed by atoms with Gasteiger partial charge in [0.15, 0.2) is 11.5 Å². The fourth-order valence-electron chi connectivity index (χ4n) is 3.90. The SMILES string of the molecule is CCN(CC)CCCC(C)NC(=O)CN1CCN(c2ccc3c(c2)OCCO3)C1=O. The highest BCUT2D eigenvalue weighted by atomic mass is 16.6. The molecule has 1 aromatic rings. The van der Waals surface area contributed by atoms with Crippen LogP contribution in [-0.4, -0.2) is 80.3 Å². The fraction of sp³-hybridized carbons (Fsp3) is 0.636. The summed E-state index contributed by atoms with van der Waals surface area (Å²) in [5, 5.41) is 3.03. The van der Waals surface area contributed by atoms with Gasteiger partial charge in [-0.15, -0.1) is 0 Å². The third kappa shape index (κ3) is 5.56. The van der Waals surface area contributed by atoms with Crippen LogP contribution in [0.15, 0.2) is 18.2 Å². The van der Waals surface area contributed by atoms with Crippen molar-refractivity contribution in [1.82, 2.24) is 15.1 Å². The molecule has 8 nitrogen and oxygen atoms in total. The molecule has 166 valence electrons. The first-order valence-electron chi connectivity index (χ1n) is 11.0. The summed E-state index contributed by atoms with van der Waals surface area (Å²) in [5.41, 5.74) is 0.761. The van der Waals surface area contributed by atoms with Gasteiger partial charge in [0.05, 0.1) is 0 Å². The largest absolute Gasteiger partial charge is 0.486 e. The van der Waals surface area contributed by atoms with E-state index in [1.807, 2.05) is 25.1 Å². The van der Waals surface area contributed by atoms with Crippen molar-refractivity contribution in [3.8, 4) is 11.5 Å². The van der Waals surface area contributed by atoms with E-state index in [2.05, 4.69) is 24.1 Å². The van der Waals surface area contributed by atoms with E-state index in [1.165, 1.54) is 0 Å². The lowest BCUT2D eigenvalue weighted by Crippen LogP contribution is -2.43. The van der Waals surface area contributed by atoms with Crippen molar-refractivity contribution in [3.05, 3.63) is 18.2 Å². The van der Waals surface area contributed by atoms with Crippen molar-refractivity contribution < 1.29 is 19.1 Å². The van der Waals surface area contributed by atoms with Crippen molar-refractivity contribution in [2.75, 3.05) is 57.4 Å². The minimum atomic E-state index is -0.156. The Kier molecular flexibility index (Phi) is 7.79. The number of urea groups is 1. The number of hydrogen-bond acceptors (Lipinski definition) is 5. The van der Waals surface area contributed by atoms with E-state index in [1.54, 1.807) is 9.80 Å². The van der Waals surface area contributed by atoms with Crippen LogP contribution >= 0.6 is 0 Å². The van der Waals surface area contributed by atoms with Gasteiger partial charge in [-0.25, -0.2) is 4.79 Å². The molecular formula is C22H34N4O4. The van der Waals surface area contributed by atoms with Gasteiger partial charge in [0.2, 0.25) is 5.91 Å². The van der Waals surface area contributed by atoms with Crippen LogP contribution in [0.2, 0.25) is 0 Å². The van der Waals surface area contributed by atoms with Crippen LogP contribution in [0.1, 0.15) is 33.6 Å². The monoisotopic (exact) mass is 418 g/mol. The second-order valence-electron chi connectivity index (χ2n) is 7.82. The zero-order valence-corrected chi connectivity index (χ0v) is 18.4. The number of anilines is 1. The standard InChI is InChI=1S/C22H34N4O4/c1-4-24(5-2)10-6-7-17(3)23-21(27)16-25-11-12-26(22(25)28)18-8-9-19-20(15-18)30-14-13-29-19/h8-9,15,17H,4-7,10-14,16H2,1-3H3,(H,23,27). The van der Waals surface area contributed by atoms with Gasteiger partial charge in [-0.2, -0.15) is 0 Å². The van der Waals surface area contributed by atoms with Crippen LogP contribution in [0.5, 0.6) is 11.5 Å². The molecule has 1 saturated heterocycles. The minimum Gasteiger partial charge on any atom is -0.486 e. The number of benzene rings is 1. The van der Waals surface area contributed by atoms with Crippen LogP contribution in [0.3, 0.4) is 0 Å². The Balaban J connectivity index is 1.46. The molecular weight excluding hydrogens is 384 g/mol. The normalized spacial score (nSPS) is 16.9. The summed E-state index contributed by atoms with van der Waals surface area (Å²) < 4.78 is 11.1. The van der Waals surface area contributed by atoms with Crippen LogP contribution in [-0.2, 0) is 4.79 Å². The summed E-state index contributed by atoms with van der Waals surface area (Å²) in [5.74, 6) is 1.24. The molecule has 8 heteroatoms. The molecule has 0 radical (unpaired) electrons. The maximum atomic E-state index is 12.8. The van der Waals surface area contributed by atoms with Crippen LogP contribution in [0.25, 0.3) is 0 Å². The number of carbonyl (C=O) groups excluding carboxylic acids is 2. The van der Waals surface area contributed by atoms with Crippen molar-refractivity contribution in [2.45, 2.75) is 39.7 Å². The minimum absolute atomic E-state index is 0.0836. The highest BCUT2D eigenvalue weighted by Crippen LogP contribution is 2.34. The zero-order valence-electron chi connectivity index (χ0n) is 18.4. The number of carbonyl (C=O) groups is 2. The molecule has 2 heterocycles. The van der Waals surface area contributed by atoms with Gasteiger partial charge in [-0.05, 0) is 51.5 Å². The van der Waals surface area contributed by atoms with E-state index in [9.17, 15) is 9.59 Å². The van der Waals surface area contributed by atoms with Crippen molar-refractivity contribution in [3.63, 3.8) is 0 Å². The van der Waals surface area contributed by atoms with Gasteiger partial charge >= 0.3 is 6.03 Å². The number of nitrogens with zero attached hydrogens (tertiary/aromatic N) is 3. The molecule has 0 bridgehead atoms. The quantitative estimate of drug-likeness (QED) is 0.631. The van der Waals surface area contributed by atoms with E-state index in [0.717, 1.165) is 38.2 Å². The maximum absolute atomic E-state index is 12.8. The number of fused-ring (bicyclic) bond motifs is 1. The molecule has 0 aliphatic carbocycles. The third-order valence-corrected chi connectivity index (χ3v) is 5.68. The van der Waals surface area contributed by atoms with Gasteiger partial charge in [0.25, 0.3) is 0 Å². The van der Waals surface area contributed by atoms with Crippen LogP contribution < -0.4 is 19.7 Å². The Hall–Kier alpha value is -2.48. The lowest BCUT2D eigenvalue weighted by molar-refractivity contribution is -0.122. The molecule has 0 saturated carbocycles. The molecule has 30 heavy (non-hydrogen) atoms. The topological polar surface area (TPSA) is 74.4 Å². The fourth-order valence-corrected chi connectivity index (χ4v) is 3.90. The Morgan fingerprint density at radius 2 is 1.90 bits per heavy atom. The van der Waals surface area contributed by atoms with Crippen molar-refractivity contribution in [1.29, 1.82) is 0 Å². The second-order valence-corrected chi connectivity index (χ2v) is 7.82. The molecule has 1 N–H and O–H groups in total. The molecule has 1 fully saturated rings. The summed E-state index contributed by atoms with van der Waals surface area (Å²) >= 11 is 0. The number of nitrogens with one attached hydrogen (secondary N) is 1. The Bertz CT molecular complexity index is 738. The molecule has 0 spiro atoms. The molecule has 1 unspecified atom stereocenters. The van der Waals surface area contributed by atoms with Gasteiger partial charge in [-0.1, -0.05) is 13.8 Å². The van der Waals surface area contributed by atoms with E-state index in [4.69, 9.17) is 9.47 Å². The van der Waals surface area contributed by atoms with Gasteiger partial charge in [-0.3, -0.25) is 9.69 Å². The highest BCUT2D eigenvalue weighted by Gasteiger charge is 2.31. The Morgan fingerprint density at radius 3 is 2.63 bits per heavy atom. The molecule has 3 rings (SSSR count). The molecule has 1 aromatic carbocycles. The van der Waals surface area contributed by atoms with E-state index >= 15 is 0 Å².